The Morgan fingerprint density at radius 2 is 1.81 bits per heavy atom. The number of carbonyl (C=O) groups excluding carboxylic acids is 3. The Hall–Kier alpha value is -2.37. The van der Waals surface area contributed by atoms with E-state index in [9.17, 15) is 14.4 Å². The van der Waals surface area contributed by atoms with Gasteiger partial charge in [0.05, 0.1) is 0 Å². The highest BCUT2D eigenvalue weighted by atomic mass is 16.2. The molecular formula is C21H27N3O3. The third-order valence-corrected chi connectivity index (χ3v) is 6.01. The number of amides is 4. The minimum Gasteiger partial charge on any atom is -0.335 e. The summed E-state index contributed by atoms with van der Waals surface area (Å²) in [7, 11) is 0. The van der Waals surface area contributed by atoms with Crippen LogP contribution in [0.25, 0.3) is 0 Å². The molecule has 1 N–H and O–H groups in total. The van der Waals surface area contributed by atoms with Crippen molar-refractivity contribution in [2.45, 2.75) is 69.5 Å². The van der Waals surface area contributed by atoms with Crippen molar-refractivity contribution in [1.82, 2.24) is 15.1 Å². The quantitative estimate of drug-likeness (QED) is 0.784. The highest BCUT2D eigenvalue weighted by Gasteiger charge is 2.51. The minimum atomic E-state index is -0.710. The molecule has 0 unspecified atom stereocenters. The molecule has 0 atom stereocenters. The van der Waals surface area contributed by atoms with Crippen molar-refractivity contribution in [2.75, 3.05) is 6.54 Å². The van der Waals surface area contributed by atoms with Gasteiger partial charge in [0, 0.05) is 25.6 Å². The Labute approximate surface area is 159 Å². The van der Waals surface area contributed by atoms with Gasteiger partial charge in [-0.3, -0.25) is 14.5 Å². The molecule has 27 heavy (non-hydrogen) atoms. The van der Waals surface area contributed by atoms with Gasteiger partial charge in [0.25, 0.3) is 5.91 Å². The van der Waals surface area contributed by atoms with Crippen LogP contribution in [0.2, 0.25) is 0 Å². The lowest BCUT2D eigenvalue weighted by Crippen LogP contribution is -2.48. The maximum absolute atomic E-state index is 12.8. The average Bonchev–Trinajstić information content (AvgIpc) is 3.49. The molecule has 6 nitrogen and oxygen atoms in total. The number of urea groups is 1. The van der Waals surface area contributed by atoms with Gasteiger partial charge in [-0.15, -0.1) is 0 Å². The van der Waals surface area contributed by atoms with E-state index in [0.29, 0.717) is 25.4 Å². The lowest BCUT2D eigenvalue weighted by atomic mass is 9.82. The van der Waals surface area contributed by atoms with E-state index in [1.54, 1.807) is 0 Å². The molecule has 1 aromatic rings. The van der Waals surface area contributed by atoms with Crippen molar-refractivity contribution in [2.24, 2.45) is 0 Å². The van der Waals surface area contributed by atoms with E-state index in [1.165, 1.54) is 4.90 Å². The van der Waals surface area contributed by atoms with Crippen molar-refractivity contribution in [1.29, 1.82) is 0 Å². The lowest BCUT2D eigenvalue weighted by molar-refractivity contribution is -0.135. The zero-order valence-electron chi connectivity index (χ0n) is 15.7. The second-order valence-electron chi connectivity index (χ2n) is 8.02. The van der Waals surface area contributed by atoms with Crippen molar-refractivity contribution in [3.63, 3.8) is 0 Å². The third kappa shape index (κ3) is 3.70. The van der Waals surface area contributed by atoms with Crippen LogP contribution in [0, 0.1) is 0 Å². The summed E-state index contributed by atoms with van der Waals surface area (Å²) in [5, 5.41) is 2.91. The number of imide groups is 1. The van der Waals surface area contributed by atoms with Crippen LogP contribution < -0.4 is 5.32 Å². The van der Waals surface area contributed by atoms with Gasteiger partial charge in [0.1, 0.15) is 5.54 Å². The lowest BCUT2D eigenvalue weighted by Gasteiger charge is -2.30. The van der Waals surface area contributed by atoms with Crippen LogP contribution in [0.5, 0.6) is 0 Å². The Bertz CT molecular complexity index is 723. The number of hydrogen-bond donors (Lipinski definition) is 1. The standard InChI is InChI=1S/C21H27N3O3/c25-18(24(17-9-10-17)15-16-7-3-1-4-8-16)11-14-23-19(26)21(22-20(23)27)12-5-2-6-13-21/h1,3-4,7-8,17H,2,5-6,9-15H2,(H,22,27). The van der Waals surface area contributed by atoms with Crippen molar-refractivity contribution < 1.29 is 14.4 Å². The topological polar surface area (TPSA) is 69.7 Å². The van der Waals surface area contributed by atoms with E-state index in [0.717, 1.165) is 37.7 Å². The Balaban J connectivity index is 1.37. The zero-order chi connectivity index (χ0) is 18.9. The predicted molar refractivity (Wildman–Crippen MR) is 101 cm³/mol. The van der Waals surface area contributed by atoms with Crippen LogP contribution in [0.4, 0.5) is 4.79 Å². The molecule has 1 aliphatic heterocycles. The normalized spacial score (nSPS) is 21.4. The van der Waals surface area contributed by atoms with Crippen LogP contribution in [-0.4, -0.2) is 45.8 Å². The maximum Gasteiger partial charge on any atom is 0.325 e. The van der Waals surface area contributed by atoms with Crippen LogP contribution in [0.15, 0.2) is 30.3 Å². The molecular weight excluding hydrogens is 342 g/mol. The van der Waals surface area contributed by atoms with Gasteiger partial charge in [-0.25, -0.2) is 4.79 Å². The average molecular weight is 369 g/mol. The van der Waals surface area contributed by atoms with E-state index in [-0.39, 0.29) is 30.8 Å². The number of nitrogens with one attached hydrogen (secondary N) is 1. The first-order chi connectivity index (χ1) is 13.1. The number of nitrogens with zero attached hydrogens (tertiary/aromatic N) is 2. The summed E-state index contributed by atoms with van der Waals surface area (Å²) >= 11 is 0. The summed E-state index contributed by atoms with van der Waals surface area (Å²) in [5.41, 5.74) is 0.396. The second kappa shape index (κ2) is 7.33. The van der Waals surface area contributed by atoms with Crippen molar-refractivity contribution >= 4 is 17.8 Å². The summed E-state index contributed by atoms with van der Waals surface area (Å²) in [6, 6.07) is 9.91. The Morgan fingerprint density at radius 3 is 2.48 bits per heavy atom. The molecule has 4 rings (SSSR count). The fourth-order valence-corrected chi connectivity index (χ4v) is 4.31. The fourth-order valence-electron chi connectivity index (χ4n) is 4.31. The van der Waals surface area contributed by atoms with Gasteiger partial charge in [0.15, 0.2) is 0 Å². The molecule has 3 fully saturated rings. The summed E-state index contributed by atoms with van der Waals surface area (Å²) in [6.07, 6.45) is 6.72. The van der Waals surface area contributed by atoms with Gasteiger partial charge in [0.2, 0.25) is 5.91 Å². The van der Waals surface area contributed by atoms with E-state index in [2.05, 4.69) is 5.32 Å². The van der Waals surface area contributed by atoms with Crippen LogP contribution >= 0.6 is 0 Å². The molecule has 2 aliphatic carbocycles. The molecule has 0 aromatic heterocycles. The van der Waals surface area contributed by atoms with Gasteiger partial charge in [-0.2, -0.15) is 0 Å². The van der Waals surface area contributed by atoms with Crippen LogP contribution in [-0.2, 0) is 16.1 Å². The minimum absolute atomic E-state index is 0.0200. The first-order valence-corrected chi connectivity index (χ1v) is 10.1. The molecule has 0 bridgehead atoms. The molecule has 144 valence electrons. The van der Waals surface area contributed by atoms with E-state index in [1.807, 2.05) is 35.2 Å². The number of rotatable bonds is 6. The molecule has 6 heteroatoms. The zero-order valence-corrected chi connectivity index (χ0v) is 15.7. The smallest absolute Gasteiger partial charge is 0.325 e. The van der Waals surface area contributed by atoms with E-state index >= 15 is 0 Å². The molecule has 1 spiro atoms. The van der Waals surface area contributed by atoms with Gasteiger partial charge in [-0.1, -0.05) is 49.6 Å². The second-order valence-corrected chi connectivity index (χ2v) is 8.02. The van der Waals surface area contributed by atoms with Crippen molar-refractivity contribution in [3.8, 4) is 0 Å². The highest BCUT2D eigenvalue weighted by Crippen LogP contribution is 2.34. The molecule has 3 aliphatic rings. The third-order valence-electron chi connectivity index (χ3n) is 6.01. The number of benzene rings is 1. The van der Waals surface area contributed by atoms with Gasteiger partial charge in [-0.05, 0) is 31.2 Å². The highest BCUT2D eigenvalue weighted by molar-refractivity contribution is 6.07. The predicted octanol–water partition coefficient (Wildman–Crippen LogP) is 2.82. The van der Waals surface area contributed by atoms with Crippen molar-refractivity contribution in [3.05, 3.63) is 35.9 Å². The fraction of sp³-hybridized carbons (Fsp3) is 0.571. The van der Waals surface area contributed by atoms with Crippen LogP contribution in [0.3, 0.4) is 0 Å². The molecule has 1 heterocycles. The van der Waals surface area contributed by atoms with Gasteiger partial charge < -0.3 is 10.2 Å². The van der Waals surface area contributed by atoms with Gasteiger partial charge >= 0.3 is 6.03 Å². The molecule has 1 saturated heterocycles. The number of carbonyl (C=O) groups is 3. The largest absolute Gasteiger partial charge is 0.335 e. The molecule has 2 saturated carbocycles. The maximum atomic E-state index is 12.8. The summed E-state index contributed by atoms with van der Waals surface area (Å²) < 4.78 is 0. The Morgan fingerprint density at radius 1 is 1.11 bits per heavy atom. The summed E-state index contributed by atoms with van der Waals surface area (Å²) in [6.45, 7) is 0.762. The monoisotopic (exact) mass is 369 g/mol. The first-order valence-electron chi connectivity index (χ1n) is 10.1. The van der Waals surface area contributed by atoms with Crippen LogP contribution in [0.1, 0.15) is 56.9 Å². The molecule has 4 amide bonds. The summed E-state index contributed by atoms with van der Waals surface area (Å²) in [5.74, 6) is -0.118. The molecule has 1 aromatic carbocycles. The first kappa shape index (κ1) is 18.0. The SMILES string of the molecule is O=C1NC2(CCCCC2)C(=O)N1CCC(=O)N(Cc1ccccc1)C1CC1. The summed E-state index contributed by atoms with van der Waals surface area (Å²) in [4.78, 5) is 41.2. The Kier molecular flexibility index (Phi) is 4.89. The van der Waals surface area contributed by atoms with E-state index < -0.39 is 5.54 Å². The number of hydrogen-bond acceptors (Lipinski definition) is 3. The molecule has 0 radical (unpaired) electrons. The van der Waals surface area contributed by atoms with E-state index in [4.69, 9.17) is 0 Å².